The van der Waals surface area contributed by atoms with E-state index in [0.29, 0.717) is 11.1 Å². The molecule has 0 aromatic heterocycles. The molecule has 2 aromatic carbocycles. The summed E-state index contributed by atoms with van der Waals surface area (Å²) in [4.78, 5) is 0.218. The van der Waals surface area contributed by atoms with Gasteiger partial charge in [-0.2, -0.15) is 0 Å². The van der Waals surface area contributed by atoms with E-state index >= 15 is 0 Å². The summed E-state index contributed by atoms with van der Waals surface area (Å²) in [5.41, 5.74) is 0.553. The van der Waals surface area contributed by atoms with Crippen LogP contribution in [0.2, 0.25) is 0 Å². The lowest BCUT2D eigenvalue weighted by Crippen LogP contribution is -2.15. The Morgan fingerprint density at radius 2 is 1.86 bits per heavy atom. The number of anilines is 1. The summed E-state index contributed by atoms with van der Waals surface area (Å²) >= 11 is 0. The Bertz CT molecular complexity index is 818. The van der Waals surface area contributed by atoms with Crippen molar-refractivity contribution in [3.05, 3.63) is 59.2 Å². The number of fused-ring (bicyclic) bond motifs is 1. The van der Waals surface area contributed by atoms with Crippen molar-refractivity contribution >= 4 is 15.5 Å². The Hall–Kier alpha value is -1.95. The van der Waals surface area contributed by atoms with Crippen LogP contribution in [-0.2, 0) is 9.84 Å². The molecule has 0 bridgehead atoms. The van der Waals surface area contributed by atoms with Gasteiger partial charge in [-0.05, 0) is 30.2 Å². The van der Waals surface area contributed by atoms with E-state index in [1.807, 2.05) is 0 Å². The summed E-state index contributed by atoms with van der Waals surface area (Å²) in [5.74, 6) is -1.64. The molecule has 0 aliphatic carbocycles. The van der Waals surface area contributed by atoms with Crippen LogP contribution in [-0.4, -0.2) is 14.2 Å². The first-order valence-corrected chi connectivity index (χ1v) is 8.08. The van der Waals surface area contributed by atoms with Gasteiger partial charge >= 0.3 is 0 Å². The highest BCUT2D eigenvalue weighted by atomic mass is 32.2. The molecule has 0 amide bonds. The van der Waals surface area contributed by atoms with Crippen molar-refractivity contribution in [2.75, 3.05) is 11.1 Å². The SMILES string of the molecule is Cc1ccc(F)c(NC2CS(=O)(=O)c3ccccc32)c1F. The van der Waals surface area contributed by atoms with Crippen molar-refractivity contribution in [2.24, 2.45) is 0 Å². The van der Waals surface area contributed by atoms with Crippen LogP contribution in [0.5, 0.6) is 0 Å². The van der Waals surface area contributed by atoms with Gasteiger partial charge in [0.2, 0.25) is 0 Å². The minimum Gasteiger partial charge on any atom is -0.372 e. The van der Waals surface area contributed by atoms with Crippen molar-refractivity contribution in [3.63, 3.8) is 0 Å². The van der Waals surface area contributed by atoms with E-state index in [1.54, 1.807) is 18.2 Å². The molecule has 6 heteroatoms. The van der Waals surface area contributed by atoms with E-state index in [-0.39, 0.29) is 16.3 Å². The molecule has 1 aliphatic rings. The minimum absolute atomic E-state index is 0.209. The largest absolute Gasteiger partial charge is 0.372 e. The highest BCUT2D eigenvalue weighted by Gasteiger charge is 2.35. The molecule has 0 saturated carbocycles. The molecule has 0 spiro atoms. The van der Waals surface area contributed by atoms with Crippen LogP contribution in [0.1, 0.15) is 17.2 Å². The summed E-state index contributed by atoms with van der Waals surface area (Å²) in [7, 11) is -3.42. The zero-order valence-electron chi connectivity index (χ0n) is 11.2. The van der Waals surface area contributed by atoms with E-state index in [1.165, 1.54) is 19.1 Å². The molecule has 1 N–H and O–H groups in total. The summed E-state index contributed by atoms with van der Waals surface area (Å²) in [6.07, 6.45) is 0. The maximum Gasteiger partial charge on any atom is 0.181 e. The number of sulfone groups is 1. The molecule has 1 atom stereocenters. The van der Waals surface area contributed by atoms with Gasteiger partial charge in [-0.25, -0.2) is 17.2 Å². The van der Waals surface area contributed by atoms with Crippen LogP contribution in [0.25, 0.3) is 0 Å². The average Bonchev–Trinajstić information content (AvgIpc) is 2.71. The lowest BCUT2D eigenvalue weighted by atomic mass is 10.1. The molecule has 1 aliphatic heterocycles. The van der Waals surface area contributed by atoms with Gasteiger partial charge in [0.15, 0.2) is 15.7 Å². The molecule has 0 radical (unpaired) electrons. The van der Waals surface area contributed by atoms with E-state index < -0.39 is 27.5 Å². The first-order valence-electron chi connectivity index (χ1n) is 6.43. The molecule has 1 unspecified atom stereocenters. The van der Waals surface area contributed by atoms with Crippen LogP contribution >= 0.6 is 0 Å². The fraction of sp³-hybridized carbons (Fsp3) is 0.200. The molecule has 110 valence electrons. The zero-order valence-corrected chi connectivity index (χ0v) is 12.0. The fourth-order valence-corrected chi connectivity index (χ4v) is 4.27. The third-order valence-electron chi connectivity index (χ3n) is 3.62. The fourth-order valence-electron chi connectivity index (χ4n) is 2.53. The van der Waals surface area contributed by atoms with Gasteiger partial charge in [-0.3, -0.25) is 0 Å². The van der Waals surface area contributed by atoms with Crippen LogP contribution in [0.3, 0.4) is 0 Å². The predicted molar refractivity (Wildman–Crippen MR) is 76.0 cm³/mol. The first kappa shape index (κ1) is 14.0. The quantitative estimate of drug-likeness (QED) is 0.926. The van der Waals surface area contributed by atoms with Crippen LogP contribution in [0, 0.1) is 18.6 Å². The molecule has 2 aromatic rings. The highest BCUT2D eigenvalue weighted by molar-refractivity contribution is 7.91. The van der Waals surface area contributed by atoms with Gasteiger partial charge in [-0.15, -0.1) is 0 Å². The number of aryl methyl sites for hydroxylation is 1. The second-order valence-corrected chi connectivity index (χ2v) is 7.07. The third kappa shape index (κ3) is 2.29. The molecule has 1 heterocycles. The third-order valence-corrected chi connectivity index (χ3v) is 5.43. The number of benzene rings is 2. The Morgan fingerprint density at radius 1 is 1.14 bits per heavy atom. The van der Waals surface area contributed by atoms with Crippen LogP contribution < -0.4 is 5.32 Å². The van der Waals surface area contributed by atoms with E-state index in [2.05, 4.69) is 5.32 Å². The second kappa shape index (κ2) is 4.80. The first-order chi connectivity index (χ1) is 9.90. The topological polar surface area (TPSA) is 46.2 Å². The molecule has 21 heavy (non-hydrogen) atoms. The van der Waals surface area contributed by atoms with Crippen LogP contribution in [0.15, 0.2) is 41.3 Å². The van der Waals surface area contributed by atoms with Gasteiger partial charge < -0.3 is 5.32 Å². The molecule has 3 nitrogen and oxygen atoms in total. The maximum atomic E-state index is 14.0. The van der Waals surface area contributed by atoms with Gasteiger partial charge in [-0.1, -0.05) is 24.3 Å². The van der Waals surface area contributed by atoms with Gasteiger partial charge in [0.25, 0.3) is 0 Å². The van der Waals surface area contributed by atoms with Gasteiger partial charge in [0, 0.05) is 0 Å². The Morgan fingerprint density at radius 3 is 2.62 bits per heavy atom. The van der Waals surface area contributed by atoms with Crippen molar-refractivity contribution in [2.45, 2.75) is 17.9 Å². The van der Waals surface area contributed by atoms with Crippen molar-refractivity contribution in [1.29, 1.82) is 0 Å². The summed E-state index contributed by atoms with van der Waals surface area (Å²) in [6.45, 7) is 1.53. The second-order valence-electron chi connectivity index (χ2n) is 5.07. The van der Waals surface area contributed by atoms with Crippen molar-refractivity contribution in [3.8, 4) is 0 Å². The minimum atomic E-state index is -3.42. The Labute approximate surface area is 121 Å². The lowest BCUT2D eigenvalue weighted by molar-refractivity contribution is 0.577. The normalized spacial score (nSPS) is 19.3. The van der Waals surface area contributed by atoms with Gasteiger partial charge in [0.05, 0.1) is 16.7 Å². The number of hydrogen-bond donors (Lipinski definition) is 1. The maximum absolute atomic E-state index is 14.0. The van der Waals surface area contributed by atoms with E-state index in [0.717, 1.165) is 6.07 Å². The number of rotatable bonds is 2. The monoisotopic (exact) mass is 309 g/mol. The van der Waals surface area contributed by atoms with E-state index in [9.17, 15) is 17.2 Å². The lowest BCUT2D eigenvalue weighted by Gasteiger charge is -2.16. The summed E-state index contributed by atoms with van der Waals surface area (Å²) in [6, 6.07) is 8.35. The molecule has 3 rings (SSSR count). The molecular weight excluding hydrogens is 296 g/mol. The van der Waals surface area contributed by atoms with Crippen molar-refractivity contribution < 1.29 is 17.2 Å². The predicted octanol–water partition coefficient (Wildman–Crippen LogP) is 3.21. The standard InChI is InChI=1S/C15H13F2NO2S/c1-9-6-7-11(16)15(14(9)17)18-12-8-21(19,20)13-5-3-2-4-10(12)13/h2-7,12,18H,8H2,1H3. The summed E-state index contributed by atoms with van der Waals surface area (Å²) < 4.78 is 52.0. The number of hydrogen-bond acceptors (Lipinski definition) is 3. The highest BCUT2D eigenvalue weighted by Crippen LogP contribution is 2.36. The van der Waals surface area contributed by atoms with E-state index in [4.69, 9.17) is 0 Å². The van der Waals surface area contributed by atoms with Crippen molar-refractivity contribution in [1.82, 2.24) is 0 Å². The molecule has 0 saturated heterocycles. The zero-order chi connectivity index (χ0) is 15.2. The van der Waals surface area contributed by atoms with Crippen LogP contribution in [0.4, 0.5) is 14.5 Å². The number of nitrogens with one attached hydrogen (secondary N) is 1. The Balaban J connectivity index is 2.04. The molecule has 0 fully saturated rings. The average molecular weight is 309 g/mol. The Kier molecular flexibility index (Phi) is 3.20. The summed E-state index contributed by atoms with van der Waals surface area (Å²) in [5, 5.41) is 2.70. The molecular formula is C15H13F2NO2S. The smallest absolute Gasteiger partial charge is 0.181 e. The number of halogens is 2. The van der Waals surface area contributed by atoms with Gasteiger partial charge in [0.1, 0.15) is 11.5 Å².